The first-order chi connectivity index (χ1) is 8.42. The number of hydrogen-bond acceptors (Lipinski definition) is 3. The van der Waals surface area contributed by atoms with E-state index in [0.717, 1.165) is 0 Å². The van der Waals surface area contributed by atoms with Crippen molar-refractivity contribution in [1.82, 2.24) is 5.32 Å². The molecule has 0 spiro atoms. The van der Waals surface area contributed by atoms with Gasteiger partial charge in [-0.2, -0.15) is 8.42 Å². The highest BCUT2D eigenvalue weighted by Gasteiger charge is 2.20. The summed E-state index contributed by atoms with van der Waals surface area (Å²) >= 11 is 0. The SMILES string of the molecule is C#CCN[C@@H]1CCc2ccccc21.CS(=O)(=O)O. The van der Waals surface area contributed by atoms with Gasteiger partial charge in [-0.05, 0) is 24.0 Å². The lowest BCUT2D eigenvalue weighted by atomic mass is 10.1. The molecule has 0 saturated heterocycles. The van der Waals surface area contributed by atoms with Crippen LogP contribution in [0.3, 0.4) is 0 Å². The molecule has 0 fully saturated rings. The van der Waals surface area contributed by atoms with Crippen molar-refractivity contribution >= 4 is 10.1 Å². The van der Waals surface area contributed by atoms with Crippen molar-refractivity contribution in [3.63, 3.8) is 0 Å². The molecule has 18 heavy (non-hydrogen) atoms. The molecule has 1 atom stereocenters. The van der Waals surface area contributed by atoms with E-state index in [4.69, 9.17) is 11.0 Å². The van der Waals surface area contributed by atoms with Gasteiger partial charge in [0.15, 0.2) is 0 Å². The van der Waals surface area contributed by atoms with Crippen molar-refractivity contribution < 1.29 is 13.0 Å². The van der Waals surface area contributed by atoms with E-state index >= 15 is 0 Å². The molecule has 1 aliphatic rings. The Balaban J connectivity index is 0.000000280. The topological polar surface area (TPSA) is 66.4 Å². The maximum atomic E-state index is 9.19. The summed E-state index contributed by atoms with van der Waals surface area (Å²) in [7, 11) is -3.67. The molecule has 1 aliphatic carbocycles. The maximum absolute atomic E-state index is 9.19. The van der Waals surface area contributed by atoms with E-state index in [-0.39, 0.29) is 0 Å². The summed E-state index contributed by atoms with van der Waals surface area (Å²) in [4.78, 5) is 0. The second kappa shape index (κ2) is 6.55. The number of aryl methyl sites for hydroxylation is 1. The summed E-state index contributed by atoms with van der Waals surface area (Å²) in [5.74, 6) is 2.61. The minimum absolute atomic E-state index is 0.479. The number of hydrogen-bond donors (Lipinski definition) is 2. The second-order valence-electron chi connectivity index (χ2n) is 4.11. The first-order valence-corrected chi connectivity index (χ1v) is 7.43. The fraction of sp³-hybridized carbons (Fsp3) is 0.385. The predicted octanol–water partition coefficient (Wildman–Crippen LogP) is 1.40. The lowest BCUT2D eigenvalue weighted by Crippen LogP contribution is -2.19. The first kappa shape index (κ1) is 14.7. The zero-order valence-corrected chi connectivity index (χ0v) is 11.1. The lowest BCUT2D eigenvalue weighted by molar-refractivity contribution is 0.490. The predicted molar refractivity (Wildman–Crippen MR) is 71.8 cm³/mol. The van der Waals surface area contributed by atoms with E-state index in [1.54, 1.807) is 0 Å². The Bertz CT molecular complexity index is 523. The monoisotopic (exact) mass is 267 g/mol. The fourth-order valence-corrected chi connectivity index (χ4v) is 1.95. The Morgan fingerprint density at radius 2 is 2.11 bits per heavy atom. The third-order valence-corrected chi connectivity index (χ3v) is 2.58. The Hall–Kier alpha value is -1.35. The van der Waals surface area contributed by atoms with E-state index in [1.807, 2.05) is 0 Å². The first-order valence-electron chi connectivity index (χ1n) is 5.59. The number of fused-ring (bicyclic) bond motifs is 1. The molecule has 0 unspecified atom stereocenters. The van der Waals surface area contributed by atoms with Crippen LogP contribution >= 0.6 is 0 Å². The van der Waals surface area contributed by atoms with E-state index in [9.17, 15) is 8.42 Å². The molecule has 0 aromatic heterocycles. The van der Waals surface area contributed by atoms with Crippen molar-refractivity contribution in [2.45, 2.75) is 18.9 Å². The molecule has 4 nitrogen and oxygen atoms in total. The summed E-state index contributed by atoms with van der Waals surface area (Å²) in [6.45, 7) is 0.666. The average molecular weight is 267 g/mol. The molecule has 5 heteroatoms. The van der Waals surface area contributed by atoms with E-state index in [1.165, 1.54) is 24.0 Å². The minimum Gasteiger partial charge on any atom is -0.299 e. The largest absolute Gasteiger partial charge is 0.299 e. The van der Waals surface area contributed by atoms with Crippen LogP contribution in [0.2, 0.25) is 0 Å². The molecule has 98 valence electrons. The zero-order valence-electron chi connectivity index (χ0n) is 10.3. The van der Waals surface area contributed by atoms with Gasteiger partial charge in [-0.1, -0.05) is 30.2 Å². The zero-order chi connectivity index (χ0) is 13.6. The van der Waals surface area contributed by atoms with Crippen molar-refractivity contribution in [1.29, 1.82) is 0 Å². The Morgan fingerprint density at radius 1 is 1.50 bits per heavy atom. The summed E-state index contributed by atoms with van der Waals surface area (Å²) in [5.41, 5.74) is 2.90. The molecule has 0 aliphatic heterocycles. The van der Waals surface area contributed by atoms with Crippen molar-refractivity contribution in [3.8, 4) is 12.3 Å². The van der Waals surface area contributed by atoms with Gasteiger partial charge in [0.25, 0.3) is 10.1 Å². The fourth-order valence-electron chi connectivity index (χ4n) is 1.95. The smallest absolute Gasteiger partial charge is 0.261 e. The average Bonchev–Trinajstić information content (AvgIpc) is 2.67. The summed E-state index contributed by atoms with van der Waals surface area (Å²) in [6, 6.07) is 9.06. The molecule has 2 rings (SSSR count). The molecule has 2 N–H and O–H groups in total. The maximum Gasteiger partial charge on any atom is 0.261 e. The Labute approximate surface area is 108 Å². The molecular weight excluding hydrogens is 250 g/mol. The van der Waals surface area contributed by atoms with Crippen molar-refractivity contribution in [2.24, 2.45) is 0 Å². The van der Waals surface area contributed by atoms with Gasteiger partial charge in [0, 0.05) is 6.04 Å². The van der Waals surface area contributed by atoms with Gasteiger partial charge in [0.2, 0.25) is 0 Å². The van der Waals surface area contributed by atoms with Crippen molar-refractivity contribution in [2.75, 3.05) is 12.8 Å². The third-order valence-electron chi connectivity index (χ3n) is 2.58. The molecule has 1 aromatic carbocycles. The van der Waals surface area contributed by atoms with E-state index < -0.39 is 10.1 Å². The Morgan fingerprint density at radius 3 is 2.72 bits per heavy atom. The summed E-state index contributed by atoms with van der Waals surface area (Å²) in [5, 5.41) is 3.35. The highest BCUT2D eigenvalue weighted by molar-refractivity contribution is 7.85. The molecule has 0 saturated carbocycles. The highest BCUT2D eigenvalue weighted by atomic mass is 32.2. The molecule has 0 radical (unpaired) electrons. The van der Waals surface area contributed by atoms with Crippen LogP contribution in [0, 0.1) is 12.3 Å². The molecular formula is C13H17NO3S. The van der Waals surface area contributed by atoms with E-state index in [2.05, 4.69) is 35.5 Å². The van der Waals surface area contributed by atoms with Crippen LogP contribution in [0.15, 0.2) is 24.3 Å². The van der Waals surface area contributed by atoms with Gasteiger partial charge in [0.05, 0.1) is 12.8 Å². The van der Waals surface area contributed by atoms with Gasteiger partial charge in [-0.15, -0.1) is 6.42 Å². The van der Waals surface area contributed by atoms with Crippen LogP contribution in [0.25, 0.3) is 0 Å². The Kier molecular flexibility index (Phi) is 5.35. The summed E-state index contributed by atoms with van der Waals surface area (Å²) in [6.07, 6.45) is 8.29. The van der Waals surface area contributed by atoms with Crippen LogP contribution in [-0.4, -0.2) is 25.8 Å². The summed E-state index contributed by atoms with van der Waals surface area (Å²) < 4.78 is 25.9. The second-order valence-corrected chi connectivity index (χ2v) is 5.57. The lowest BCUT2D eigenvalue weighted by Gasteiger charge is -2.10. The standard InChI is InChI=1S/C12H13N.CH4O3S/c1-2-9-13-12-8-7-10-5-3-4-6-11(10)12;1-5(2,3)4/h1,3-6,12-13H,7-9H2;1H3,(H,2,3,4)/t12-;/m1./s1. The van der Waals surface area contributed by atoms with Gasteiger partial charge in [0.1, 0.15) is 0 Å². The van der Waals surface area contributed by atoms with Gasteiger partial charge < -0.3 is 0 Å². The van der Waals surface area contributed by atoms with Crippen LogP contribution in [0.4, 0.5) is 0 Å². The number of terminal acetylenes is 1. The van der Waals surface area contributed by atoms with Crippen molar-refractivity contribution in [3.05, 3.63) is 35.4 Å². The molecule has 0 bridgehead atoms. The molecule has 0 heterocycles. The van der Waals surface area contributed by atoms with Gasteiger partial charge >= 0.3 is 0 Å². The van der Waals surface area contributed by atoms with Gasteiger partial charge in [-0.3, -0.25) is 9.87 Å². The van der Waals surface area contributed by atoms with Crippen LogP contribution in [0.5, 0.6) is 0 Å². The normalized spacial score (nSPS) is 17.3. The number of nitrogens with one attached hydrogen (secondary N) is 1. The number of rotatable bonds is 2. The van der Waals surface area contributed by atoms with Crippen LogP contribution in [0.1, 0.15) is 23.6 Å². The molecule has 1 aromatic rings. The van der Waals surface area contributed by atoms with Crippen LogP contribution in [-0.2, 0) is 16.5 Å². The quantitative estimate of drug-likeness (QED) is 0.628. The van der Waals surface area contributed by atoms with Crippen LogP contribution < -0.4 is 5.32 Å². The third kappa shape index (κ3) is 5.32. The number of benzene rings is 1. The molecule has 0 amide bonds. The van der Waals surface area contributed by atoms with E-state index in [0.29, 0.717) is 18.8 Å². The van der Waals surface area contributed by atoms with Gasteiger partial charge in [-0.25, -0.2) is 0 Å². The minimum atomic E-state index is -3.67. The highest BCUT2D eigenvalue weighted by Crippen LogP contribution is 2.30.